The minimum absolute atomic E-state index is 0.00681. The van der Waals surface area contributed by atoms with Crippen molar-refractivity contribution >= 4 is 22.5 Å². The molecule has 1 aliphatic heterocycles. The van der Waals surface area contributed by atoms with Gasteiger partial charge in [-0.3, -0.25) is 14.9 Å². The van der Waals surface area contributed by atoms with E-state index in [0.29, 0.717) is 35.3 Å². The van der Waals surface area contributed by atoms with Crippen molar-refractivity contribution in [2.24, 2.45) is 7.05 Å². The Bertz CT molecular complexity index is 748. The van der Waals surface area contributed by atoms with Crippen LogP contribution in [-0.4, -0.2) is 29.1 Å². The molecule has 3 rings (SSSR count). The molecule has 1 aliphatic rings. The SMILES string of the molecule is COc1ccc([N+](=O)[O-])c2c3c(n(C)c12)C(=O)NCC3. The van der Waals surface area contributed by atoms with Crippen LogP contribution in [-0.2, 0) is 13.5 Å². The molecule has 2 aromatic rings. The maximum absolute atomic E-state index is 12.0. The first-order chi connectivity index (χ1) is 9.56. The van der Waals surface area contributed by atoms with Gasteiger partial charge in [0.05, 0.1) is 22.9 Å². The summed E-state index contributed by atoms with van der Waals surface area (Å²) < 4.78 is 6.95. The van der Waals surface area contributed by atoms with Gasteiger partial charge < -0.3 is 14.6 Å². The third kappa shape index (κ3) is 1.49. The van der Waals surface area contributed by atoms with Gasteiger partial charge in [0.2, 0.25) is 0 Å². The number of nitrogens with zero attached hydrogens (tertiary/aromatic N) is 2. The number of nitrogens with one attached hydrogen (secondary N) is 1. The van der Waals surface area contributed by atoms with Gasteiger partial charge in [0, 0.05) is 19.7 Å². The Morgan fingerprint density at radius 2 is 2.20 bits per heavy atom. The number of carbonyl (C=O) groups excluding carboxylic acids is 1. The van der Waals surface area contributed by atoms with Crippen LogP contribution in [0, 0.1) is 10.1 Å². The number of aromatic nitrogens is 1. The molecular formula is C13H13N3O4. The van der Waals surface area contributed by atoms with Crippen LogP contribution in [0.15, 0.2) is 12.1 Å². The van der Waals surface area contributed by atoms with Crippen LogP contribution in [0.4, 0.5) is 5.69 Å². The van der Waals surface area contributed by atoms with E-state index in [0.717, 1.165) is 5.56 Å². The lowest BCUT2D eigenvalue weighted by atomic mass is 10.0. The second kappa shape index (κ2) is 4.22. The highest BCUT2D eigenvalue weighted by atomic mass is 16.6. The van der Waals surface area contributed by atoms with Gasteiger partial charge in [0.15, 0.2) is 0 Å². The summed E-state index contributed by atoms with van der Waals surface area (Å²) >= 11 is 0. The Labute approximate surface area is 114 Å². The molecule has 7 nitrogen and oxygen atoms in total. The highest BCUT2D eigenvalue weighted by Gasteiger charge is 2.30. The molecule has 7 heteroatoms. The predicted molar refractivity (Wildman–Crippen MR) is 72.2 cm³/mol. The van der Waals surface area contributed by atoms with Crippen molar-refractivity contribution in [1.82, 2.24) is 9.88 Å². The first-order valence-electron chi connectivity index (χ1n) is 6.17. The number of benzene rings is 1. The Hall–Kier alpha value is -2.57. The molecule has 0 atom stereocenters. The molecule has 0 bridgehead atoms. The first kappa shape index (κ1) is 12.5. The minimum Gasteiger partial charge on any atom is -0.495 e. The third-order valence-corrected chi connectivity index (χ3v) is 3.67. The molecule has 1 aromatic carbocycles. The molecule has 0 saturated carbocycles. The summed E-state index contributed by atoms with van der Waals surface area (Å²) in [6.07, 6.45) is 0.576. The van der Waals surface area contributed by atoms with Crippen molar-refractivity contribution in [2.45, 2.75) is 6.42 Å². The number of methoxy groups -OCH3 is 1. The van der Waals surface area contributed by atoms with Crippen LogP contribution in [0.2, 0.25) is 0 Å². The lowest BCUT2D eigenvalue weighted by Gasteiger charge is -2.13. The molecule has 0 aliphatic carbocycles. The molecule has 20 heavy (non-hydrogen) atoms. The van der Waals surface area contributed by atoms with Gasteiger partial charge in [-0.2, -0.15) is 0 Å². The van der Waals surface area contributed by atoms with E-state index in [-0.39, 0.29) is 11.6 Å². The second-order valence-electron chi connectivity index (χ2n) is 4.66. The van der Waals surface area contributed by atoms with E-state index in [1.165, 1.54) is 13.2 Å². The van der Waals surface area contributed by atoms with Crippen LogP contribution in [0.5, 0.6) is 5.75 Å². The first-order valence-corrected chi connectivity index (χ1v) is 6.17. The average molecular weight is 275 g/mol. The van der Waals surface area contributed by atoms with E-state index in [1.54, 1.807) is 17.7 Å². The van der Waals surface area contributed by atoms with Crippen molar-refractivity contribution in [3.05, 3.63) is 33.5 Å². The Balaban J connectivity index is 2.51. The highest BCUT2D eigenvalue weighted by Crippen LogP contribution is 2.39. The van der Waals surface area contributed by atoms with E-state index in [2.05, 4.69) is 5.32 Å². The molecule has 104 valence electrons. The monoisotopic (exact) mass is 275 g/mol. The summed E-state index contributed by atoms with van der Waals surface area (Å²) in [7, 11) is 3.23. The number of hydrogen-bond donors (Lipinski definition) is 1. The maximum atomic E-state index is 12.0. The number of nitro benzene ring substituents is 1. The summed E-state index contributed by atoms with van der Waals surface area (Å²) in [6, 6.07) is 2.98. The van der Waals surface area contributed by atoms with E-state index in [4.69, 9.17) is 4.74 Å². The normalized spacial score (nSPS) is 14.0. The van der Waals surface area contributed by atoms with Crippen LogP contribution < -0.4 is 10.1 Å². The zero-order chi connectivity index (χ0) is 14.4. The van der Waals surface area contributed by atoms with Gasteiger partial charge in [-0.25, -0.2) is 0 Å². The minimum atomic E-state index is -0.422. The van der Waals surface area contributed by atoms with Gasteiger partial charge in [0.25, 0.3) is 11.6 Å². The molecule has 1 aromatic heterocycles. The highest BCUT2D eigenvalue weighted by molar-refractivity contribution is 6.07. The Morgan fingerprint density at radius 3 is 2.85 bits per heavy atom. The second-order valence-corrected chi connectivity index (χ2v) is 4.66. The number of hydrogen-bond acceptors (Lipinski definition) is 4. The van der Waals surface area contributed by atoms with Crippen molar-refractivity contribution in [1.29, 1.82) is 0 Å². The summed E-state index contributed by atoms with van der Waals surface area (Å²) in [5, 5.41) is 14.5. The lowest BCUT2D eigenvalue weighted by Crippen LogP contribution is -2.32. The fourth-order valence-electron chi connectivity index (χ4n) is 2.86. The van der Waals surface area contributed by atoms with E-state index in [9.17, 15) is 14.9 Å². The van der Waals surface area contributed by atoms with Crippen LogP contribution in [0.3, 0.4) is 0 Å². The maximum Gasteiger partial charge on any atom is 0.279 e. The van der Waals surface area contributed by atoms with Crippen LogP contribution in [0.1, 0.15) is 16.1 Å². The fourth-order valence-corrected chi connectivity index (χ4v) is 2.86. The van der Waals surface area contributed by atoms with E-state index < -0.39 is 4.92 Å². The molecule has 2 heterocycles. The van der Waals surface area contributed by atoms with Crippen LogP contribution >= 0.6 is 0 Å². The third-order valence-electron chi connectivity index (χ3n) is 3.67. The van der Waals surface area contributed by atoms with E-state index >= 15 is 0 Å². The molecule has 1 amide bonds. The number of nitro groups is 1. The van der Waals surface area contributed by atoms with E-state index in [1.807, 2.05) is 0 Å². The fraction of sp³-hybridized carbons (Fsp3) is 0.308. The summed E-state index contributed by atoms with van der Waals surface area (Å²) in [6.45, 7) is 0.485. The topological polar surface area (TPSA) is 86.4 Å². The molecule has 0 fully saturated rings. The lowest BCUT2D eigenvalue weighted by molar-refractivity contribution is -0.383. The number of aryl methyl sites for hydroxylation is 1. The summed E-state index contributed by atoms with van der Waals surface area (Å²) in [4.78, 5) is 22.8. The van der Waals surface area contributed by atoms with Gasteiger partial charge in [-0.15, -0.1) is 0 Å². The molecule has 0 saturated heterocycles. The number of non-ortho nitro benzene ring substituents is 1. The smallest absolute Gasteiger partial charge is 0.279 e. The van der Waals surface area contributed by atoms with Gasteiger partial charge in [-0.1, -0.05) is 0 Å². The van der Waals surface area contributed by atoms with Crippen molar-refractivity contribution in [3.8, 4) is 5.75 Å². The quantitative estimate of drug-likeness (QED) is 0.662. The van der Waals surface area contributed by atoms with Gasteiger partial charge >= 0.3 is 0 Å². The largest absolute Gasteiger partial charge is 0.495 e. The van der Waals surface area contributed by atoms with Crippen LogP contribution in [0.25, 0.3) is 10.9 Å². The zero-order valence-electron chi connectivity index (χ0n) is 11.1. The van der Waals surface area contributed by atoms with Gasteiger partial charge in [-0.05, 0) is 18.1 Å². The molecule has 0 radical (unpaired) electrons. The molecule has 1 N–H and O–H groups in total. The number of rotatable bonds is 2. The average Bonchev–Trinajstić information content (AvgIpc) is 2.73. The van der Waals surface area contributed by atoms with Crippen molar-refractivity contribution in [2.75, 3.05) is 13.7 Å². The zero-order valence-corrected chi connectivity index (χ0v) is 11.1. The number of carbonyl (C=O) groups is 1. The Morgan fingerprint density at radius 1 is 1.45 bits per heavy atom. The predicted octanol–water partition coefficient (Wildman–Crippen LogP) is 1.38. The summed E-state index contributed by atoms with van der Waals surface area (Å²) in [5.41, 5.74) is 1.78. The Kier molecular flexibility index (Phi) is 2.63. The molecule has 0 unspecified atom stereocenters. The molecule has 0 spiro atoms. The number of ether oxygens (including phenoxy) is 1. The molecular weight excluding hydrogens is 262 g/mol. The standard InChI is InChI=1S/C13H13N3O4/c1-15-11-7(5-6-14-13(11)17)10-8(16(18)19)3-4-9(20-2)12(10)15/h3-4H,5-6H2,1-2H3,(H,14,17). The number of fused-ring (bicyclic) bond motifs is 3. The van der Waals surface area contributed by atoms with Crippen molar-refractivity contribution in [3.63, 3.8) is 0 Å². The van der Waals surface area contributed by atoms with Crippen molar-refractivity contribution < 1.29 is 14.5 Å². The van der Waals surface area contributed by atoms with Gasteiger partial charge in [0.1, 0.15) is 11.4 Å². The number of amides is 1. The summed E-state index contributed by atoms with van der Waals surface area (Å²) in [5.74, 6) is 0.316.